The number of fused-ring (bicyclic) bond motifs is 2. The van der Waals surface area contributed by atoms with Crippen LogP contribution < -0.4 is 14.9 Å². The van der Waals surface area contributed by atoms with E-state index in [0.717, 1.165) is 4.90 Å². The van der Waals surface area contributed by atoms with Crippen molar-refractivity contribution in [2.75, 3.05) is 17.3 Å². The van der Waals surface area contributed by atoms with Crippen molar-refractivity contribution in [3.05, 3.63) is 36.0 Å². The molecule has 2 aliphatic rings. The Hall–Kier alpha value is -2.73. The fourth-order valence-electron chi connectivity index (χ4n) is 3.82. The number of sulfonamides is 1. The minimum absolute atomic E-state index is 0.00972. The molecule has 1 saturated carbocycles. The second-order valence-corrected chi connectivity index (χ2v) is 9.40. The van der Waals surface area contributed by atoms with Crippen LogP contribution in [-0.4, -0.2) is 43.6 Å². The average Bonchev–Trinajstić information content (AvgIpc) is 3.49. The Kier molecular flexibility index (Phi) is 4.97. The Bertz CT molecular complexity index is 1130. The van der Waals surface area contributed by atoms with Gasteiger partial charge >= 0.3 is 6.18 Å². The van der Waals surface area contributed by atoms with Gasteiger partial charge in [-0.3, -0.25) is 9.69 Å². The monoisotopic (exact) mass is 455 g/mol. The average molecular weight is 455 g/mol. The van der Waals surface area contributed by atoms with Crippen LogP contribution in [0.3, 0.4) is 0 Å². The summed E-state index contributed by atoms with van der Waals surface area (Å²) in [6.07, 6.45) is -2.53. The highest BCUT2D eigenvalue weighted by atomic mass is 32.2. The fourth-order valence-corrected chi connectivity index (χ4v) is 4.55. The van der Waals surface area contributed by atoms with Gasteiger partial charge in [-0.15, -0.1) is 0 Å². The van der Waals surface area contributed by atoms with Gasteiger partial charge in [0, 0.05) is 17.4 Å². The van der Waals surface area contributed by atoms with E-state index in [1.165, 1.54) is 44.4 Å². The summed E-state index contributed by atoms with van der Waals surface area (Å²) in [4.78, 5) is 22.1. The van der Waals surface area contributed by atoms with Crippen LogP contribution in [-0.2, 0) is 20.2 Å². The van der Waals surface area contributed by atoms with Crippen LogP contribution in [0.4, 0.5) is 30.6 Å². The number of nitrogens with zero attached hydrogens (tertiary/aromatic N) is 3. The zero-order valence-corrected chi connectivity index (χ0v) is 17.5. The lowest BCUT2D eigenvalue weighted by atomic mass is 10.0. The molecule has 12 heteroatoms. The van der Waals surface area contributed by atoms with E-state index < -0.39 is 33.6 Å². The molecule has 2 aromatic rings. The Labute approximate surface area is 176 Å². The molecular formula is C19H20F3N5O3S. The fraction of sp³-hybridized carbons (Fsp3) is 0.421. The van der Waals surface area contributed by atoms with E-state index in [0.29, 0.717) is 24.1 Å². The number of carbonyl (C=O) groups excluding carboxylic acids is 1. The number of nitrogens with one attached hydrogen (secondary N) is 2. The van der Waals surface area contributed by atoms with Crippen molar-refractivity contribution in [3.63, 3.8) is 0 Å². The van der Waals surface area contributed by atoms with Crippen LogP contribution in [0.25, 0.3) is 0 Å². The minimum atomic E-state index is -4.59. The standard InChI is InChI=1S/C19H20F3N5O3S/c1-3-14(19(20,21)22)27-15-13(18(8-9-18)16(27)28)10-24-17(26-15)25-11-4-6-12(7-5-11)31(29,30)23-2/h4-7,10,14,23H,3,8-9H2,1-2H3,(H,24,25,26). The molecule has 1 aliphatic carbocycles. The molecule has 4 rings (SSSR count). The molecule has 2 heterocycles. The van der Waals surface area contributed by atoms with Gasteiger partial charge in [-0.05, 0) is 50.6 Å². The summed E-state index contributed by atoms with van der Waals surface area (Å²) >= 11 is 0. The molecule has 1 fully saturated rings. The Morgan fingerprint density at radius 1 is 1.23 bits per heavy atom. The first-order chi connectivity index (χ1) is 14.5. The topological polar surface area (TPSA) is 104 Å². The van der Waals surface area contributed by atoms with Crippen molar-refractivity contribution in [1.82, 2.24) is 14.7 Å². The molecule has 1 amide bonds. The number of amides is 1. The molecule has 2 N–H and O–H groups in total. The van der Waals surface area contributed by atoms with E-state index in [2.05, 4.69) is 20.0 Å². The number of benzene rings is 1. The SMILES string of the molecule is CCC(N1C(=O)C2(CC2)c2cnc(Nc3ccc(S(=O)(=O)NC)cc3)nc21)C(F)(F)F. The summed E-state index contributed by atoms with van der Waals surface area (Å²) in [6.45, 7) is 1.38. The maximum Gasteiger partial charge on any atom is 0.409 e. The van der Waals surface area contributed by atoms with Crippen molar-refractivity contribution in [2.45, 2.75) is 48.7 Å². The van der Waals surface area contributed by atoms with Gasteiger partial charge in [0.05, 0.1) is 10.3 Å². The van der Waals surface area contributed by atoms with Gasteiger partial charge in [-0.2, -0.15) is 18.2 Å². The quantitative estimate of drug-likeness (QED) is 0.694. The highest BCUT2D eigenvalue weighted by Gasteiger charge is 2.63. The number of halogens is 3. The molecule has 1 aromatic heterocycles. The van der Waals surface area contributed by atoms with Crippen LogP contribution in [0.5, 0.6) is 0 Å². The van der Waals surface area contributed by atoms with Crippen LogP contribution in [0, 0.1) is 0 Å². The lowest BCUT2D eigenvalue weighted by Gasteiger charge is -2.29. The summed E-state index contributed by atoms with van der Waals surface area (Å²) in [5, 5.41) is 2.85. The molecular weight excluding hydrogens is 435 g/mol. The predicted molar refractivity (Wildman–Crippen MR) is 107 cm³/mol. The van der Waals surface area contributed by atoms with Gasteiger partial charge in [0.1, 0.15) is 11.9 Å². The molecule has 1 atom stereocenters. The first kappa shape index (κ1) is 21.5. The maximum atomic E-state index is 13.6. The first-order valence-electron chi connectivity index (χ1n) is 9.62. The second kappa shape index (κ2) is 7.16. The summed E-state index contributed by atoms with van der Waals surface area (Å²) in [7, 11) is -2.31. The number of hydrogen-bond acceptors (Lipinski definition) is 6. The highest BCUT2D eigenvalue weighted by molar-refractivity contribution is 7.89. The molecule has 0 bridgehead atoms. The third kappa shape index (κ3) is 3.53. The molecule has 0 saturated heterocycles. The van der Waals surface area contributed by atoms with E-state index in [1.807, 2.05) is 0 Å². The van der Waals surface area contributed by atoms with E-state index >= 15 is 0 Å². The Balaban J connectivity index is 1.67. The molecule has 31 heavy (non-hydrogen) atoms. The Morgan fingerprint density at radius 2 is 1.87 bits per heavy atom. The maximum absolute atomic E-state index is 13.6. The molecule has 1 aromatic carbocycles. The number of carbonyl (C=O) groups is 1. The van der Waals surface area contributed by atoms with Crippen molar-refractivity contribution < 1.29 is 26.4 Å². The smallest absolute Gasteiger partial charge is 0.324 e. The van der Waals surface area contributed by atoms with Crippen LogP contribution in [0.1, 0.15) is 31.7 Å². The lowest BCUT2D eigenvalue weighted by molar-refractivity contribution is -0.154. The molecule has 1 aliphatic heterocycles. The highest BCUT2D eigenvalue weighted by Crippen LogP contribution is 2.58. The molecule has 1 spiro atoms. The van der Waals surface area contributed by atoms with Crippen LogP contribution in [0.2, 0.25) is 0 Å². The zero-order chi connectivity index (χ0) is 22.6. The summed E-state index contributed by atoms with van der Waals surface area (Å²) in [5.41, 5.74) is -0.0912. The van der Waals surface area contributed by atoms with Crippen molar-refractivity contribution in [1.29, 1.82) is 0 Å². The van der Waals surface area contributed by atoms with Crippen molar-refractivity contribution in [3.8, 4) is 0 Å². The molecule has 166 valence electrons. The van der Waals surface area contributed by atoms with E-state index in [-0.39, 0.29) is 23.1 Å². The van der Waals surface area contributed by atoms with Gasteiger partial charge in [0.2, 0.25) is 21.9 Å². The van der Waals surface area contributed by atoms with E-state index in [1.54, 1.807) is 0 Å². The molecule has 1 unspecified atom stereocenters. The van der Waals surface area contributed by atoms with Gasteiger partial charge in [-0.1, -0.05) is 6.92 Å². The summed E-state index contributed by atoms with van der Waals surface area (Å²) < 4.78 is 66.7. The minimum Gasteiger partial charge on any atom is -0.324 e. The number of alkyl halides is 3. The van der Waals surface area contributed by atoms with Gasteiger partial charge in [-0.25, -0.2) is 18.1 Å². The first-order valence-corrected chi connectivity index (χ1v) is 11.1. The van der Waals surface area contributed by atoms with Crippen molar-refractivity contribution in [2.24, 2.45) is 0 Å². The van der Waals surface area contributed by atoms with E-state index in [4.69, 9.17) is 0 Å². The second-order valence-electron chi connectivity index (χ2n) is 7.51. The normalized spacial score (nSPS) is 18.2. The summed E-state index contributed by atoms with van der Waals surface area (Å²) in [5.74, 6) is -0.603. The number of aromatic nitrogens is 2. The molecule has 8 nitrogen and oxygen atoms in total. The zero-order valence-electron chi connectivity index (χ0n) is 16.7. The molecule has 0 radical (unpaired) electrons. The third-order valence-electron chi connectivity index (χ3n) is 5.66. The Morgan fingerprint density at radius 3 is 2.39 bits per heavy atom. The number of rotatable bonds is 6. The van der Waals surface area contributed by atoms with Crippen LogP contribution >= 0.6 is 0 Å². The lowest BCUT2D eigenvalue weighted by Crippen LogP contribution is -2.49. The van der Waals surface area contributed by atoms with Gasteiger partial charge < -0.3 is 5.32 Å². The number of hydrogen-bond donors (Lipinski definition) is 2. The predicted octanol–water partition coefficient (Wildman–Crippen LogP) is 2.85. The van der Waals surface area contributed by atoms with Crippen LogP contribution in [0.15, 0.2) is 35.4 Å². The van der Waals surface area contributed by atoms with Gasteiger partial charge in [0.25, 0.3) is 0 Å². The largest absolute Gasteiger partial charge is 0.409 e. The van der Waals surface area contributed by atoms with E-state index in [9.17, 15) is 26.4 Å². The summed E-state index contributed by atoms with van der Waals surface area (Å²) in [6, 6.07) is 3.74. The van der Waals surface area contributed by atoms with Crippen molar-refractivity contribution >= 4 is 33.4 Å². The third-order valence-corrected chi connectivity index (χ3v) is 7.09. The number of anilines is 3. The van der Waals surface area contributed by atoms with Gasteiger partial charge in [0.15, 0.2) is 0 Å².